The van der Waals surface area contributed by atoms with Gasteiger partial charge in [-0.15, -0.1) is 0 Å². The van der Waals surface area contributed by atoms with Crippen LogP contribution in [0.25, 0.3) is 43.4 Å². The molecule has 0 saturated carbocycles. The third-order valence-corrected chi connectivity index (χ3v) is 5.96. The summed E-state index contributed by atoms with van der Waals surface area (Å²) in [4.78, 5) is 50.8. The number of amides is 1. The molecule has 18 nitrogen and oxygen atoms in total. The Hall–Kier alpha value is -6.51. The molecule has 0 unspecified atom stereocenters. The molecule has 2 aromatic heterocycles. The molecule has 4 aromatic rings. The third kappa shape index (κ3) is 11.6. The quantitative estimate of drug-likeness (QED) is 0.0868. The SMILES string of the molecule is CC(C)(C)OC(=O)Nc1ncc(-c2ccc(N=[N+]=[N-])cc2)n1C(=O)OC(C)(C)C.CC(C)(C)OC(=O)n1c(-c2ccc(N=[N+]=[N-])cc2)cnc1N. The van der Waals surface area contributed by atoms with Crippen molar-refractivity contribution in [1.29, 1.82) is 0 Å². The van der Waals surface area contributed by atoms with Crippen molar-refractivity contribution >= 4 is 41.6 Å². The Bertz CT molecular complexity index is 1970. The van der Waals surface area contributed by atoms with Gasteiger partial charge in [-0.25, -0.2) is 33.5 Å². The van der Waals surface area contributed by atoms with E-state index in [1.807, 2.05) is 0 Å². The van der Waals surface area contributed by atoms with E-state index in [1.165, 1.54) is 17.0 Å². The Kier molecular flexibility index (Phi) is 12.1. The van der Waals surface area contributed by atoms with E-state index in [9.17, 15) is 14.4 Å². The highest BCUT2D eigenvalue weighted by Gasteiger charge is 2.27. The van der Waals surface area contributed by atoms with E-state index >= 15 is 0 Å². The molecule has 2 heterocycles. The molecular formula is C33H40N12O6. The second kappa shape index (κ2) is 15.8. The highest BCUT2D eigenvalue weighted by molar-refractivity contribution is 5.89. The Balaban J connectivity index is 0.000000286. The normalized spacial score (nSPS) is 11.2. The van der Waals surface area contributed by atoms with Gasteiger partial charge in [-0.2, -0.15) is 0 Å². The van der Waals surface area contributed by atoms with Crippen molar-refractivity contribution in [1.82, 2.24) is 19.1 Å². The maximum Gasteiger partial charge on any atom is 0.421 e. The standard InChI is InChI=1S/C19H24N6O4.C14H16N6O2/c1-18(2,3)28-16(26)22-15-21-11-14(25(15)17(27)29-19(4,5)6)12-7-9-13(10-8-12)23-24-20;1-14(2,3)22-13(21)20-11(8-17-12(20)15)9-4-6-10(7-5-9)18-19-16/h7-11H,1-6H3,(H,21,22,26);4-8H,1-3H3,(H2,15,17). The van der Waals surface area contributed by atoms with E-state index in [0.29, 0.717) is 33.9 Å². The molecule has 0 spiro atoms. The number of ether oxygens (including phenoxy) is 3. The van der Waals surface area contributed by atoms with Crippen LogP contribution in [-0.2, 0) is 14.2 Å². The summed E-state index contributed by atoms with van der Waals surface area (Å²) in [5, 5.41) is 9.49. The number of hydrogen-bond acceptors (Lipinski definition) is 11. The van der Waals surface area contributed by atoms with Crippen LogP contribution in [0.5, 0.6) is 0 Å². The van der Waals surface area contributed by atoms with Crippen LogP contribution in [0.4, 0.5) is 37.7 Å². The minimum atomic E-state index is -0.757. The summed E-state index contributed by atoms with van der Waals surface area (Å²) in [6.45, 7) is 15.7. The van der Waals surface area contributed by atoms with E-state index in [4.69, 9.17) is 31.0 Å². The first-order chi connectivity index (χ1) is 23.7. The van der Waals surface area contributed by atoms with Crippen molar-refractivity contribution < 1.29 is 28.6 Å². The second-order valence-corrected chi connectivity index (χ2v) is 13.7. The Morgan fingerprint density at radius 3 is 1.47 bits per heavy atom. The molecule has 1 amide bonds. The van der Waals surface area contributed by atoms with Gasteiger partial charge >= 0.3 is 18.3 Å². The van der Waals surface area contributed by atoms with Gasteiger partial charge in [0.1, 0.15) is 16.8 Å². The molecule has 18 heteroatoms. The first-order valence-corrected chi connectivity index (χ1v) is 15.4. The van der Waals surface area contributed by atoms with Crippen LogP contribution in [0.15, 0.2) is 71.2 Å². The summed E-state index contributed by atoms with van der Waals surface area (Å²) in [5.74, 6) is 0.00555. The van der Waals surface area contributed by atoms with Crippen LogP contribution in [0, 0.1) is 0 Å². The third-order valence-electron chi connectivity index (χ3n) is 5.96. The molecule has 51 heavy (non-hydrogen) atoms. The summed E-state index contributed by atoms with van der Waals surface area (Å²) >= 11 is 0. The summed E-state index contributed by atoms with van der Waals surface area (Å²) < 4.78 is 18.4. The number of anilines is 2. The molecule has 0 radical (unpaired) electrons. The molecule has 0 saturated heterocycles. The highest BCUT2D eigenvalue weighted by Crippen LogP contribution is 2.28. The lowest BCUT2D eigenvalue weighted by Crippen LogP contribution is -2.31. The van der Waals surface area contributed by atoms with Gasteiger partial charge in [0.2, 0.25) is 11.9 Å². The monoisotopic (exact) mass is 700 g/mol. The summed E-state index contributed by atoms with van der Waals surface area (Å²) in [7, 11) is 0. The fraction of sp³-hybridized carbons (Fsp3) is 0.364. The predicted molar refractivity (Wildman–Crippen MR) is 190 cm³/mol. The predicted octanol–water partition coefficient (Wildman–Crippen LogP) is 9.48. The van der Waals surface area contributed by atoms with E-state index in [0.717, 1.165) is 4.57 Å². The molecule has 3 N–H and O–H groups in total. The molecule has 4 rings (SSSR count). The average Bonchev–Trinajstić information content (AvgIpc) is 3.59. The van der Waals surface area contributed by atoms with Crippen LogP contribution in [0.1, 0.15) is 62.3 Å². The molecule has 0 aliphatic heterocycles. The van der Waals surface area contributed by atoms with Crippen molar-refractivity contribution in [2.24, 2.45) is 10.2 Å². The zero-order chi connectivity index (χ0) is 38.1. The number of nitrogen functional groups attached to an aromatic ring is 1. The van der Waals surface area contributed by atoms with Gasteiger partial charge in [-0.3, -0.25) is 5.32 Å². The lowest BCUT2D eigenvalue weighted by Gasteiger charge is -2.22. The van der Waals surface area contributed by atoms with Crippen LogP contribution >= 0.6 is 0 Å². The van der Waals surface area contributed by atoms with Gasteiger partial charge in [0, 0.05) is 32.3 Å². The lowest BCUT2D eigenvalue weighted by molar-refractivity contribution is 0.0529. The van der Waals surface area contributed by atoms with E-state index in [2.05, 4.69) is 35.3 Å². The topological polar surface area (TPSA) is 250 Å². The molecule has 0 bridgehead atoms. The number of imidazole rings is 2. The number of carbonyl (C=O) groups excluding carboxylic acids is 3. The van der Waals surface area contributed by atoms with E-state index in [1.54, 1.807) is 111 Å². The number of nitrogens with zero attached hydrogens (tertiary/aromatic N) is 10. The number of hydrogen-bond donors (Lipinski definition) is 2. The fourth-order valence-electron chi connectivity index (χ4n) is 4.10. The van der Waals surface area contributed by atoms with Crippen molar-refractivity contribution in [3.8, 4) is 22.5 Å². The van der Waals surface area contributed by atoms with E-state index in [-0.39, 0.29) is 11.9 Å². The van der Waals surface area contributed by atoms with Crippen molar-refractivity contribution in [2.45, 2.75) is 79.1 Å². The number of aromatic nitrogens is 4. The maximum absolute atomic E-state index is 12.8. The molecule has 0 fully saturated rings. The average molecular weight is 701 g/mol. The molecule has 0 aliphatic carbocycles. The number of nitrogens with one attached hydrogen (secondary N) is 1. The Morgan fingerprint density at radius 1 is 0.667 bits per heavy atom. The Morgan fingerprint density at radius 2 is 1.06 bits per heavy atom. The molecular weight excluding hydrogens is 660 g/mol. The highest BCUT2D eigenvalue weighted by atomic mass is 16.6. The lowest BCUT2D eigenvalue weighted by atomic mass is 10.1. The molecule has 0 aliphatic rings. The van der Waals surface area contributed by atoms with Gasteiger partial charge in [0.25, 0.3) is 0 Å². The molecule has 268 valence electrons. The number of azide groups is 2. The molecule has 0 atom stereocenters. The van der Waals surface area contributed by atoms with Gasteiger partial charge in [0.15, 0.2) is 0 Å². The first-order valence-electron chi connectivity index (χ1n) is 15.4. The zero-order valence-corrected chi connectivity index (χ0v) is 29.8. The summed E-state index contributed by atoms with van der Waals surface area (Å²) in [6, 6.07) is 13.2. The van der Waals surface area contributed by atoms with E-state index < -0.39 is 35.1 Å². The van der Waals surface area contributed by atoms with Crippen LogP contribution in [-0.4, -0.2) is 54.2 Å². The van der Waals surface area contributed by atoms with Gasteiger partial charge in [-0.05, 0) is 73.4 Å². The van der Waals surface area contributed by atoms with Crippen molar-refractivity contribution in [2.75, 3.05) is 11.1 Å². The Labute approximate surface area is 293 Å². The number of benzene rings is 2. The van der Waals surface area contributed by atoms with Crippen LogP contribution in [0.2, 0.25) is 0 Å². The second-order valence-electron chi connectivity index (χ2n) is 13.7. The van der Waals surface area contributed by atoms with Crippen molar-refractivity contribution in [3.63, 3.8) is 0 Å². The van der Waals surface area contributed by atoms with Gasteiger partial charge < -0.3 is 19.9 Å². The fourth-order valence-corrected chi connectivity index (χ4v) is 4.10. The van der Waals surface area contributed by atoms with Gasteiger partial charge in [-0.1, -0.05) is 58.8 Å². The number of carbonyl (C=O) groups is 3. The summed E-state index contributed by atoms with van der Waals surface area (Å²) in [5.41, 5.74) is 23.7. The largest absolute Gasteiger partial charge is 0.444 e. The smallest absolute Gasteiger partial charge is 0.421 e. The zero-order valence-electron chi connectivity index (χ0n) is 29.8. The minimum Gasteiger partial charge on any atom is -0.444 e. The van der Waals surface area contributed by atoms with Crippen LogP contribution < -0.4 is 11.1 Å². The minimum absolute atomic E-state index is 0.0392. The van der Waals surface area contributed by atoms with Gasteiger partial charge in [0.05, 0.1) is 23.8 Å². The first kappa shape index (κ1) is 38.9. The van der Waals surface area contributed by atoms with Crippen molar-refractivity contribution in [3.05, 3.63) is 81.8 Å². The summed E-state index contributed by atoms with van der Waals surface area (Å²) in [6.07, 6.45) is 0.853. The number of nitrogens with two attached hydrogens (primary N) is 1. The van der Waals surface area contributed by atoms with Crippen LogP contribution in [0.3, 0.4) is 0 Å². The number of rotatable bonds is 5. The maximum atomic E-state index is 12.8. The molecule has 2 aromatic carbocycles.